The van der Waals surface area contributed by atoms with Crippen LogP contribution >= 0.6 is 11.6 Å². The van der Waals surface area contributed by atoms with Crippen LogP contribution in [0.3, 0.4) is 0 Å². The molecule has 2 heterocycles. The van der Waals surface area contributed by atoms with Crippen LogP contribution in [0.25, 0.3) is 0 Å². The van der Waals surface area contributed by atoms with Crippen molar-refractivity contribution < 1.29 is 8.42 Å². The van der Waals surface area contributed by atoms with Crippen molar-refractivity contribution in [3.63, 3.8) is 0 Å². The Balaban J connectivity index is 1.54. The lowest BCUT2D eigenvalue weighted by Gasteiger charge is -2.31. The third kappa shape index (κ3) is 4.37. The van der Waals surface area contributed by atoms with Crippen LogP contribution in [-0.2, 0) is 15.8 Å². The van der Waals surface area contributed by atoms with Crippen molar-refractivity contribution in [2.45, 2.75) is 24.6 Å². The first-order valence-corrected chi connectivity index (χ1v) is 9.61. The molecule has 10 heteroatoms. The third-order valence-electron chi connectivity index (χ3n) is 3.88. The van der Waals surface area contributed by atoms with Gasteiger partial charge in [0.15, 0.2) is 0 Å². The summed E-state index contributed by atoms with van der Waals surface area (Å²) in [5, 5.41) is 7.21. The van der Waals surface area contributed by atoms with Crippen molar-refractivity contribution in [3.8, 4) is 0 Å². The summed E-state index contributed by atoms with van der Waals surface area (Å²) in [6.45, 7) is 1.34. The highest BCUT2D eigenvalue weighted by Gasteiger charge is 2.25. The molecule has 0 amide bonds. The highest BCUT2D eigenvalue weighted by Crippen LogP contribution is 2.18. The van der Waals surface area contributed by atoms with Gasteiger partial charge in [0, 0.05) is 24.2 Å². The summed E-state index contributed by atoms with van der Waals surface area (Å²) in [5.41, 5.74) is 6.23. The number of rotatable bonds is 5. The molecule has 0 spiro atoms. The molecule has 0 bridgehead atoms. The van der Waals surface area contributed by atoms with Crippen molar-refractivity contribution in [2.75, 3.05) is 23.7 Å². The van der Waals surface area contributed by atoms with Gasteiger partial charge >= 0.3 is 0 Å². The number of sulfonamides is 1. The molecule has 0 atom stereocenters. The highest BCUT2D eigenvalue weighted by molar-refractivity contribution is 7.88. The minimum absolute atomic E-state index is 0.0537. The molecular formula is C14H19ClN6O2S. The first kappa shape index (κ1) is 17.0. The lowest BCUT2D eigenvalue weighted by atomic mass is 10.1. The molecule has 1 aliphatic heterocycles. The third-order valence-corrected chi connectivity index (χ3v) is 5.54. The molecule has 0 aliphatic carbocycles. The highest BCUT2D eigenvalue weighted by atomic mass is 35.5. The predicted molar refractivity (Wildman–Crippen MR) is 93.2 cm³/mol. The van der Waals surface area contributed by atoms with Crippen LogP contribution < -0.4 is 15.4 Å². The molecule has 2 aromatic rings. The van der Waals surface area contributed by atoms with E-state index in [1.165, 1.54) is 0 Å². The minimum Gasteiger partial charge on any atom is -0.368 e. The summed E-state index contributed by atoms with van der Waals surface area (Å²) in [6, 6.07) is 6.73. The molecule has 130 valence electrons. The molecule has 0 saturated carbocycles. The standard InChI is InChI=1S/C14H19ClN6O2S/c15-11-3-1-10(2-4-11)9-24(22,23)20-12-5-7-21(8-6-12)14-17-13(16)18-19-14/h1-4,12,20H,5-9H2,(H3,16,17,18,19). The first-order valence-electron chi connectivity index (χ1n) is 7.58. The van der Waals surface area contributed by atoms with Gasteiger partial charge in [-0.05, 0) is 30.5 Å². The number of H-pyrrole nitrogens is 1. The number of benzene rings is 1. The van der Waals surface area contributed by atoms with Crippen LogP contribution in [0.2, 0.25) is 5.02 Å². The zero-order valence-corrected chi connectivity index (χ0v) is 14.5. The van der Waals surface area contributed by atoms with Crippen LogP contribution in [-0.4, -0.2) is 42.7 Å². The quantitative estimate of drug-likeness (QED) is 0.726. The van der Waals surface area contributed by atoms with Crippen molar-refractivity contribution in [1.82, 2.24) is 19.9 Å². The van der Waals surface area contributed by atoms with Gasteiger partial charge in [-0.15, -0.1) is 5.10 Å². The molecule has 1 fully saturated rings. The van der Waals surface area contributed by atoms with Crippen molar-refractivity contribution in [1.29, 1.82) is 0 Å². The van der Waals surface area contributed by atoms with Gasteiger partial charge in [0.25, 0.3) is 0 Å². The lowest BCUT2D eigenvalue weighted by Crippen LogP contribution is -2.45. The average molecular weight is 371 g/mol. The second kappa shape index (κ2) is 6.96. The number of nitrogens with one attached hydrogen (secondary N) is 2. The topological polar surface area (TPSA) is 117 Å². The van der Waals surface area contributed by atoms with Crippen molar-refractivity contribution in [2.24, 2.45) is 0 Å². The molecule has 1 aliphatic rings. The Morgan fingerprint density at radius 2 is 1.96 bits per heavy atom. The number of nitrogens with two attached hydrogens (primary N) is 1. The first-order chi connectivity index (χ1) is 11.4. The van der Waals surface area contributed by atoms with E-state index in [0.717, 1.165) is 0 Å². The maximum absolute atomic E-state index is 12.3. The second-order valence-electron chi connectivity index (χ2n) is 5.79. The molecule has 0 radical (unpaired) electrons. The van der Waals surface area contributed by atoms with E-state index in [-0.39, 0.29) is 17.7 Å². The van der Waals surface area contributed by atoms with Gasteiger partial charge in [0.1, 0.15) is 0 Å². The molecule has 1 saturated heterocycles. The Kier molecular flexibility index (Phi) is 4.93. The molecular weight excluding hydrogens is 352 g/mol. The van der Waals surface area contributed by atoms with Gasteiger partial charge in [-0.2, -0.15) is 4.98 Å². The van der Waals surface area contributed by atoms with E-state index in [9.17, 15) is 8.42 Å². The Morgan fingerprint density at radius 3 is 2.54 bits per heavy atom. The van der Waals surface area contributed by atoms with Crippen LogP contribution in [0.5, 0.6) is 0 Å². The van der Waals surface area contributed by atoms with Crippen molar-refractivity contribution >= 4 is 33.5 Å². The Bertz CT molecular complexity index is 784. The smallest absolute Gasteiger partial charge is 0.246 e. The number of nitrogens with zero attached hydrogens (tertiary/aromatic N) is 3. The van der Waals surface area contributed by atoms with E-state index < -0.39 is 10.0 Å². The predicted octanol–water partition coefficient (Wildman–Crippen LogP) is 1.13. The van der Waals surface area contributed by atoms with Gasteiger partial charge in [-0.3, -0.25) is 0 Å². The zero-order chi connectivity index (χ0) is 17.2. The van der Waals surface area contributed by atoms with E-state index >= 15 is 0 Å². The van der Waals surface area contributed by atoms with E-state index in [1.807, 2.05) is 4.90 Å². The SMILES string of the molecule is Nc1nc(N2CCC(NS(=O)(=O)Cc3ccc(Cl)cc3)CC2)n[nH]1. The summed E-state index contributed by atoms with van der Waals surface area (Å²) in [6.07, 6.45) is 1.38. The van der Waals surface area contributed by atoms with E-state index in [2.05, 4.69) is 19.9 Å². The molecule has 1 aromatic heterocycles. The zero-order valence-electron chi connectivity index (χ0n) is 12.9. The van der Waals surface area contributed by atoms with Gasteiger partial charge in [0.2, 0.25) is 21.9 Å². The molecule has 3 rings (SSSR count). The van der Waals surface area contributed by atoms with Crippen LogP contribution in [0, 0.1) is 0 Å². The van der Waals surface area contributed by atoms with Crippen LogP contribution in [0.1, 0.15) is 18.4 Å². The average Bonchev–Trinajstić information content (AvgIpc) is 2.96. The summed E-state index contributed by atoms with van der Waals surface area (Å²) in [5.74, 6) is 0.771. The fraction of sp³-hybridized carbons (Fsp3) is 0.429. The number of anilines is 2. The van der Waals surface area contributed by atoms with Crippen LogP contribution in [0.15, 0.2) is 24.3 Å². The van der Waals surface area contributed by atoms with E-state index in [1.54, 1.807) is 24.3 Å². The largest absolute Gasteiger partial charge is 0.368 e. The van der Waals surface area contributed by atoms with Gasteiger partial charge in [0.05, 0.1) is 5.75 Å². The Morgan fingerprint density at radius 1 is 1.29 bits per heavy atom. The normalized spacial score (nSPS) is 16.5. The monoisotopic (exact) mass is 370 g/mol. The Labute approximate surface area is 145 Å². The number of piperidine rings is 1. The maximum Gasteiger partial charge on any atom is 0.246 e. The molecule has 24 heavy (non-hydrogen) atoms. The van der Waals surface area contributed by atoms with E-state index in [0.29, 0.717) is 42.5 Å². The minimum atomic E-state index is -3.39. The fourth-order valence-electron chi connectivity index (χ4n) is 2.70. The van der Waals surface area contributed by atoms with Gasteiger partial charge in [-0.1, -0.05) is 23.7 Å². The number of nitrogen functional groups attached to an aromatic ring is 1. The number of halogens is 1. The lowest BCUT2D eigenvalue weighted by molar-refractivity contribution is 0.456. The summed E-state index contributed by atoms with van der Waals surface area (Å²) >= 11 is 5.81. The van der Waals surface area contributed by atoms with Crippen LogP contribution in [0.4, 0.5) is 11.9 Å². The van der Waals surface area contributed by atoms with E-state index in [4.69, 9.17) is 17.3 Å². The van der Waals surface area contributed by atoms with Gasteiger partial charge < -0.3 is 10.6 Å². The molecule has 0 unspecified atom stereocenters. The van der Waals surface area contributed by atoms with Crippen molar-refractivity contribution in [3.05, 3.63) is 34.9 Å². The molecule has 8 nitrogen and oxygen atoms in total. The molecule has 1 aromatic carbocycles. The fourth-order valence-corrected chi connectivity index (χ4v) is 4.28. The number of hydrogen-bond acceptors (Lipinski definition) is 6. The summed E-state index contributed by atoms with van der Waals surface area (Å²) in [4.78, 5) is 6.07. The van der Waals surface area contributed by atoms with Gasteiger partial charge in [-0.25, -0.2) is 18.2 Å². The second-order valence-corrected chi connectivity index (χ2v) is 7.98. The molecule has 4 N–H and O–H groups in total. The summed E-state index contributed by atoms with van der Waals surface area (Å²) < 4.78 is 27.4. The Hall–Kier alpha value is -1.84. The number of aromatic amines is 1. The number of aromatic nitrogens is 3. The maximum atomic E-state index is 12.3. The number of hydrogen-bond donors (Lipinski definition) is 3. The summed E-state index contributed by atoms with van der Waals surface area (Å²) in [7, 11) is -3.39.